The van der Waals surface area contributed by atoms with Gasteiger partial charge in [-0.25, -0.2) is 0 Å². The first-order valence-corrected chi connectivity index (χ1v) is 6.25. The Balaban J connectivity index is 2.15. The normalized spacial score (nSPS) is 16.9. The molecular formula is C13H18ClNO2. The molecule has 2 rings (SSSR count). The minimum absolute atomic E-state index is 0.542. The number of halogens is 1. The van der Waals surface area contributed by atoms with Crippen LogP contribution in [-0.4, -0.2) is 24.8 Å². The Morgan fingerprint density at radius 2 is 2.24 bits per heavy atom. The van der Waals surface area contributed by atoms with Crippen LogP contribution in [0.3, 0.4) is 0 Å². The molecule has 1 aromatic rings. The van der Waals surface area contributed by atoms with Crippen molar-refractivity contribution in [3.8, 4) is 5.75 Å². The molecule has 0 bridgehead atoms. The third-order valence-electron chi connectivity index (χ3n) is 3.01. The topological polar surface area (TPSA) is 41.5 Å². The molecular weight excluding hydrogens is 238 g/mol. The number of nitrogens with one attached hydrogen (secondary N) is 1. The number of aryl methyl sites for hydroxylation is 1. The van der Waals surface area contributed by atoms with Crippen LogP contribution in [0.2, 0.25) is 5.02 Å². The van der Waals surface area contributed by atoms with Gasteiger partial charge in [0.1, 0.15) is 5.75 Å². The van der Waals surface area contributed by atoms with Gasteiger partial charge in [0.05, 0.1) is 13.2 Å². The SMILES string of the molecule is COc1c(C)cc(Cl)cc1C(O)CNC1CC1. The van der Waals surface area contributed by atoms with Crippen molar-refractivity contribution in [1.82, 2.24) is 5.32 Å². The van der Waals surface area contributed by atoms with Crippen molar-refractivity contribution in [3.05, 3.63) is 28.3 Å². The van der Waals surface area contributed by atoms with Gasteiger partial charge < -0.3 is 15.2 Å². The summed E-state index contributed by atoms with van der Waals surface area (Å²) in [5.41, 5.74) is 1.70. The fraction of sp³-hybridized carbons (Fsp3) is 0.538. The van der Waals surface area contributed by atoms with Crippen LogP contribution in [0.4, 0.5) is 0 Å². The van der Waals surface area contributed by atoms with Gasteiger partial charge in [-0.15, -0.1) is 0 Å². The van der Waals surface area contributed by atoms with Gasteiger partial charge in [-0.3, -0.25) is 0 Å². The summed E-state index contributed by atoms with van der Waals surface area (Å²) < 4.78 is 5.33. The van der Waals surface area contributed by atoms with Crippen molar-refractivity contribution in [2.24, 2.45) is 0 Å². The van der Waals surface area contributed by atoms with Gasteiger partial charge in [0.2, 0.25) is 0 Å². The Labute approximate surface area is 107 Å². The van der Waals surface area contributed by atoms with E-state index in [9.17, 15) is 5.11 Å². The highest BCUT2D eigenvalue weighted by molar-refractivity contribution is 6.30. The van der Waals surface area contributed by atoms with Crippen LogP contribution in [0.1, 0.15) is 30.1 Å². The fourth-order valence-corrected chi connectivity index (χ4v) is 2.24. The summed E-state index contributed by atoms with van der Waals surface area (Å²) in [4.78, 5) is 0. The average molecular weight is 256 g/mol. The first-order valence-electron chi connectivity index (χ1n) is 5.87. The Hall–Kier alpha value is -0.770. The summed E-state index contributed by atoms with van der Waals surface area (Å²) in [6.07, 6.45) is 1.83. The number of rotatable bonds is 5. The number of aliphatic hydroxyl groups excluding tert-OH is 1. The smallest absolute Gasteiger partial charge is 0.127 e. The highest BCUT2D eigenvalue weighted by Gasteiger charge is 2.23. The summed E-state index contributed by atoms with van der Waals surface area (Å²) >= 11 is 6.01. The largest absolute Gasteiger partial charge is 0.496 e. The predicted molar refractivity (Wildman–Crippen MR) is 68.7 cm³/mol. The van der Waals surface area contributed by atoms with Crippen LogP contribution in [0, 0.1) is 6.92 Å². The van der Waals surface area contributed by atoms with Crippen LogP contribution in [0.15, 0.2) is 12.1 Å². The van der Waals surface area contributed by atoms with E-state index in [4.69, 9.17) is 16.3 Å². The second-order valence-electron chi connectivity index (χ2n) is 4.54. The molecule has 3 nitrogen and oxygen atoms in total. The quantitative estimate of drug-likeness (QED) is 0.849. The van der Waals surface area contributed by atoms with Gasteiger partial charge in [0.25, 0.3) is 0 Å². The van der Waals surface area contributed by atoms with Crippen LogP contribution < -0.4 is 10.1 Å². The highest BCUT2D eigenvalue weighted by atomic mass is 35.5. The molecule has 1 fully saturated rings. The van der Waals surface area contributed by atoms with E-state index in [1.807, 2.05) is 13.0 Å². The Morgan fingerprint density at radius 3 is 2.82 bits per heavy atom. The molecule has 94 valence electrons. The molecule has 1 atom stereocenters. The zero-order chi connectivity index (χ0) is 12.4. The van der Waals surface area contributed by atoms with E-state index in [0.717, 1.165) is 16.9 Å². The average Bonchev–Trinajstić information content (AvgIpc) is 3.08. The predicted octanol–water partition coefficient (Wildman–Crippen LogP) is 2.44. The molecule has 1 aliphatic rings. The van der Waals surface area contributed by atoms with Crippen LogP contribution in [0.5, 0.6) is 5.75 Å². The van der Waals surface area contributed by atoms with Crippen molar-refractivity contribution < 1.29 is 9.84 Å². The van der Waals surface area contributed by atoms with E-state index >= 15 is 0 Å². The minimum atomic E-state index is -0.581. The molecule has 1 aromatic carbocycles. The van der Waals surface area contributed by atoms with E-state index in [0.29, 0.717) is 17.6 Å². The number of methoxy groups -OCH3 is 1. The molecule has 0 heterocycles. The van der Waals surface area contributed by atoms with Crippen LogP contribution >= 0.6 is 11.6 Å². The van der Waals surface area contributed by atoms with E-state index < -0.39 is 6.10 Å². The molecule has 17 heavy (non-hydrogen) atoms. The lowest BCUT2D eigenvalue weighted by Gasteiger charge is -2.17. The van der Waals surface area contributed by atoms with Crippen molar-refractivity contribution >= 4 is 11.6 Å². The van der Waals surface area contributed by atoms with Crippen LogP contribution in [-0.2, 0) is 0 Å². The van der Waals surface area contributed by atoms with E-state index in [-0.39, 0.29) is 0 Å². The van der Waals surface area contributed by atoms with Crippen molar-refractivity contribution in [2.75, 3.05) is 13.7 Å². The fourth-order valence-electron chi connectivity index (χ4n) is 1.96. The second kappa shape index (κ2) is 5.25. The van der Waals surface area contributed by atoms with Gasteiger partial charge in [-0.1, -0.05) is 11.6 Å². The van der Waals surface area contributed by atoms with Crippen LogP contribution in [0.25, 0.3) is 0 Å². The lowest BCUT2D eigenvalue weighted by atomic mass is 10.0. The lowest BCUT2D eigenvalue weighted by molar-refractivity contribution is 0.170. The second-order valence-corrected chi connectivity index (χ2v) is 4.98. The maximum atomic E-state index is 10.2. The summed E-state index contributed by atoms with van der Waals surface area (Å²) in [6.45, 7) is 2.47. The molecule has 1 unspecified atom stereocenters. The number of aliphatic hydroxyl groups is 1. The number of ether oxygens (including phenoxy) is 1. The standard InChI is InChI=1S/C13H18ClNO2/c1-8-5-9(14)6-11(13(8)17-2)12(16)7-15-10-3-4-10/h5-6,10,12,15-16H,3-4,7H2,1-2H3. The van der Waals surface area contributed by atoms with E-state index in [1.165, 1.54) is 12.8 Å². The molecule has 0 radical (unpaired) electrons. The lowest BCUT2D eigenvalue weighted by Crippen LogP contribution is -2.23. The monoisotopic (exact) mass is 255 g/mol. The van der Waals surface area contributed by atoms with Crippen molar-refractivity contribution in [3.63, 3.8) is 0 Å². The molecule has 4 heteroatoms. The highest BCUT2D eigenvalue weighted by Crippen LogP contribution is 2.32. The van der Waals surface area contributed by atoms with E-state index in [2.05, 4.69) is 5.32 Å². The Kier molecular flexibility index (Phi) is 3.92. The molecule has 0 aromatic heterocycles. The zero-order valence-electron chi connectivity index (χ0n) is 10.2. The Bertz CT molecular complexity index is 405. The number of hydrogen-bond acceptors (Lipinski definition) is 3. The summed E-state index contributed by atoms with van der Waals surface area (Å²) in [5, 5.41) is 14.1. The van der Waals surface area contributed by atoms with Gasteiger partial charge in [-0.05, 0) is 37.5 Å². The third-order valence-corrected chi connectivity index (χ3v) is 3.23. The van der Waals surface area contributed by atoms with Gasteiger partial charge in [0.15, 0.2) is 0 Å². The summed E-state index contributed by atoms with van der Waals surface area (Å²) in [7, 11) is 1.61. The number of benzene rings is 1. The molecule has 0 spiro atoms. The van der Waals surface area contributed by atoms with Gasteiger partial charge >= 0.3 is 0 Å². The molecule has 1 saturated carbocycles. The summed E-state index contributed by atoms with van der Waals surface area (Å²) in [6, 6.07) is 4.19. The van der Waals surface area contributed by atoms with Crippen molar-refractivity contribution in [2.45, 2.75) is 31.9 Å². The molecule has 0 aliphatic heterocycles. The number of hydrogen-bond donors (Lipinski definition) is 2. The van der Waals surface area contributed by atoms with Gasteiger partial charge in [0, 0.05) is 23.2 Å². The Morgan fingerprint density at radius 1 is 1.53 bits per heavy atom. The first-order chi connectivity index (χ1) is 8.11. The molecule has 2 N–H and O–H groups in total. The molecule has 1 aliphatic carbocycles. The maximum absolute atomic E-state index is 10.2. The molecule has 0 amide bonds. The van der Waals surface area contributed by atoms with Crippen molar-refractivity contribution in [1.29, 1.82) is 0 Å². The zero-order valence-corrected chi connectivity index (χ0v) is 10.9. The minimum Gasteiger partial charge on any atom is -0.496 e. The van der Waals surface area contributed by atoms with E-state index in [1.54, 1.807) is 13.2 Å². The third kappa shape index (κ3) is 3.12. The summed E-state index contributed by atoms with van der Waals surface area (Å²) in [5.74, 6) is 0.722. The maximum Gasteiger partial charge on any atom is 0.127 e. The molecule has 0 saturated heterocycles. The first kappa shape index (κ1) is 12.7. The van der Waals surface area contributed by atoms with Gasteiger partial charge in [-0.2, -0.15) is 0 Å².